The molecule has 464 valence electrons. The Hall–Kier alpha value is -5.91. The second kappa shape index (κ2) is 21.3. The Labute approximate surface area is 432 Å². The number of hydrogen-bond acceptors (Lipinski definition) is 4. The molecule has 3 aromatic carbocycles. The summed E-state index contributed by atoms with van der Waals surface area (Å²) in [5, 5.41) is 0. The highest BCUT2D eigenvalue weighted by Gasteiger charge is 2.97. The lowest BCUT2D eigenvalue weighted by atomic mass is 9.88. The number of halogens is 34. The van der Waals surface area contributed by atoms with E-state index in [1.165, 1.54) is 60.7 Å². The van der Waals surface area contributed by atoms with E-state index in [2.05, 4.69) is 0 Å². The summed E-state index contributed by atoms with van der Waals surface area (Å²) >= 11 is 0. The Morgan fingerprint density at radius 1 is 0.354 bits per heavy atom. The molecule has 0 bridgehead atoms. The van der Waals surface area contributed by atoms with Crippen LogP contribution in [0.5, 0.6) is 11.5 Å². The van der Waals surface area contributed by atoms with Crippen molar-refractivity contribution in [3.8, 4) is 11.5 Å². The molecule has 0 N–H and O–H groups in total. The molecule has 0 aromatic heterocycles. The van der Waals surface area contributed by atoms with E-state index in [0.29, 0.717) is 23.3 Å². The van der Waals surface area contributed by atoms with Crippen molar-refractivity contribution in [2.75, 3.05) is 13.2 Å². The van der Waals surface area contributed by atoms with Crippen LogP contribution >= 0.6 is 0 Å². The van der Waals surface area contributed by atoms with Crippen LogP contribution in [0.15, 0.2) is 66.7 Å². The van der Waals surface area contributed by atoms with E-state index in [-0.39, 0.29) is 17.2 Å². The molecule has 0 spiro atoms. The van der Waals surface area contributed by atoms with E-state index in [1.807, 2.05) is 0 Å². The predicted molar refractivity (Wildman–Crippen MR) is 206 cm³/mol. The molecule has 0 heterocycles. The average Bonchev–Trinajstić information content (AvgIpc) is 3.49. The first-order valence-electron chi connectivity index (χ1n) is 21.4. The fourth-order valence-electron chi connectivity index (χ4n) is 6.98. The minimum absolute atomic E-state index is 0.177. The van der Waals surface area contributed by atoms with E-state index >= 15 is 0 Å². The summed E-state index contributed by atoms with van der Waals surface area (Å²) in [7, 11) is 0. The van der Waals surface area contributed by atoms with Gasteiger partial charge in [0.2, 0.25) is 0 Å². The number of rotatable bonds is 24. The molecule has 4 nitrogen and oxygen atoms in total. The number of benzene rings is 3. The fourth-order valence-corrected chi connectivity index (χ4v) is 6.98. The van der Waals surface area contributed by atoms with Gasteiger partial charge >= 0.3 is 101 Å². The lowest BCUT2D eigenvalue weighted by molar-refractivity contribution is -0.461. The molecule has 0 unspecified atom stereocenters. The van der Waals surface area contributed by atoms with Gasteiger partial charge in [0.05, 0.1) is 18.8 Å². The van der Waals surface area contributed by atoms with Crippen LogP contribution in [-0.2, 0) is 4.74 Å². The Balaban J connectivity index is 1.65. The number of carbonyl (C=O) groups excluding carboxylic acids is 1. The average molecular weight is 1260 g/mol. The highest BCUT2D eigenvalue weighted by molar-refractivity contribution is 5.91. The minimum Gasteiger partial charge on any atom is -0.493 e. The molecule has 1 aliphatic carbocycles. The summed E-state index contributed by atoms with van der Waals surface area (Å²) in [6.07, 6.45) is -24.7. The van der Waals surface area contributed by atoms with Gasteiger partial charge in [0.1, 0.15) is 11.5 Å². The molecule has 3 aromatic rings. The summed E-state index contributed by atoms with van der Waals surface area (Å²) in [5.74, 6) is -122. The monoisotopic (exact) mass is 1260 g/mol. The van der Waals surface area contributed by atoms with E-state index in [1.54, 1.807) is 0 Å². The van der Waals surface area contributed by atoms with Crippen LogP contribution in [0.25, 0.3) is 12.2 Å². The van der Waals surface area contributed by atoms with Crippen molar-refractivity contribution in [1.82, 2.24) is 0 Å². The van der Waals surface area contributed by atoms with Crippen LogP contribution in [0.2, 0.25) is 0 Å². The van der Waals surface area contributed by atoms with Gasteiger partial charge in [-0.15, -0.1) is 0 Å². The predicted octanol–water partition coefficient (Wildman–Crippen LogP) is 17.5. The molecule has 0 atom stereocenters. The zero-order valence-electron chi connectivity index (χ0n) is 38.8. The third kappa shape index (κ3) is 10.8. The number of carbonyl (C=O) groups is 1. The van der Waals surface area contributed by atoms with Crippen molar-refractivity contribution >= 4 is 18.1 Å². The smallest absolute Gasteiger partial charge is 0.460 e. The van der Waals surface area contributed by atoms with Crippen LogP contribution < -0.4 is 9.47 Å². The first-order chi connectivity index (χ1) is 36.5. The summed E-state index contributed by atoms with van der Waals surface area (Å²) < 4.78 is 483. The molecule has 0 fully saturated rings. The van der Waals surface area contributed by atoms with Gasteiger partial charge in [0.25, 0.3) is 0 Å². The molecular formula is C44H26F34O4. The number of fused-ring (bicyclic) bond motifs is 2. The van der Waals surface area contributed by atoms with Gasteiger partial charge < -0.3 is 14.2 Å². The van der Waals surface area contributed by atoms with E-state index in [9.17, 15) is 154 Å². The van der Waals surface area contributed by atoms with Crippen molar-refractivity contribution in [1.29, 1.82) is 0 Å². The van der Waals surface area contributed by atoms with Gasteiger partial charge in [-0.05, 0) is 36.1 Å². The van der Waals surface area contributed by atoms with E-state index in [0.717, 1.165) is 0 Å². The Morgan fingerprint density at radius 2 is 0.622 bits per heavy atom. The fraction of sp³-hybridized carbons (Fsp3) is 0.523. The van der Waals surface area contributed by atoms with Crippen LogP contribution in [0.4, 0.5) is 149 Å². The normalized spacial score (nSPS) is 15.7. The highest BCUT2D eigenvalue weighted by Crippen LogP contribution is 2.66. The second-order valence-electron chi connectivity index (χ2n) is 17.3. The van der Waals surface area contributed by atoms with Gasteiger partial charge in [-0.2, -0.15) is 149 Å². The van der Waals surface area contributed by atoms with Gasteiger partial charge in [0, 0.05) is 30.0 Å². The van der Waals surface area contributed by atoms with Gasteiger partial charge in [-0.25, -0.2) is 4.79 Å². The largest absolute Gasteiger partial charge is 0.493 e. The molecule has 38 heteroatoms. The van der Waals surface area contributed by atoms with Crippen molar-refractivity contribution < 1.29 is 168 Å². The van der Waals surface area contributed by atoms with E-state index < -0.39 is 163 Å². The Kier molecular flexibility index (Phi) is 17.8. The first-order valence-corrected chi connectivity index (χ1v) is 21.4. The van der Waals surface area contributed by atoms with Crippen LogP contribution in [0.1, 0.15) is 64.4 Å². The van der Waals surface area contributed by atoms with Crippen molar-refractivity contribution in [3.63, 3.8) is 0 Å². The number of esters is 1. The van der Waals surface area contributed by atoms with Crippen molar-refractivity contribution in [2.45, 2.75) is 127 Å². The lowest BCUT2D eigenvalue weighted by Gasteiger charge is -2.42. The molecule has 0 amide bonds. The highest BCUT2D eigenvalue weighted by atomic mass is 19.4. The van der Waals surface area contributed by atoms with Crippen molar-refractivity contribution in [3.05, 3.63) is 94.5 Å². The van der Waals surface area contributed by atoms with Crippen LogP contribution in [-0.4, -0.2) is 114 Å². The number of alkyl halides is 34. The number of hydrogen-bond donors (Lipinski definition) is 0. The summed E-state index contributed by atoms with van der Waals surface area (Å²) in [4.78, 5) is 13.7. The molecule has 82 heavy (non-hydrogen) atoms. The third-order valence-corrected chi connectivity index (χ3v) is 11.7. The first kappa shape index (κ1) is 68.6. The van der Waals surface area contributed by atoms with Crippen LogP contribution in [0.3, 0.4) is 0 Å². The summed E-state index contributed by atoms with van der Waals surface area (Å²) in [6, 6.07) is 12.6. The Morgan fingerprint density at radius 3 is 0.915 bits per heavy atom. The SMILES string of the molecule is O=C(OC1c2ccccc2C=Cc2ccccc21)c1cc(OCCCC(F)(F)C(F)(F)C(F)(F)C(F)(F)C(F)(F)C(F)(F)C(F)(F)C(F)(F)F)cc(OCCCC(F)(F)C(F)(F)C(F)(F)C(F)(F)C(F)(F)C(F)(F)C(F)(F)C(F)(F)F)c1. The van der Waals surface area contributed by atoms with Gasteiger partial charge in [-0.1, -0.05) is 60.7 Å². The van der Waals surface area contributed by atoms with E-state index in [4.69, 9.17) is 14.2 Å². The maximum absolute atomic E-state index is 14.6. The lowest BCUT2D eigenvalue weighted by Crippen LogP contribution is -2.74. The quantitative estimate of drug-likeness (QED) is 0.0509. The summed E-state index contributed by atoms with van der Waals surface area (Å²) in [5.41, 5.74) is 0.0388. The second-order valence-corrected chi connectivity index (χ2v) is 17.3. The zero-order valence-corrected chi connectivity index (χ0v) is 38.8. The molecular weight excluding hydrogens is 1240 g/mol. The molecule has 0 radical (unpaired) electrons. The molecule has 0 saturated heterocycles. The van der Waals surface area contributed by atoms with Crippen molar-refractivity contribution in [2.24, 2.45) is 0 Å². The summed E-state index contributed by atoms with van der Waals surface area (Å²) in [6.45, 7) is -3.49. The number of ether oxygens (including phenoxy) is 3. The molecule has 0 saturated carbocycles. The maximum atomic E-state index is 14.6. The Bertz CT molecular complexity index is 2620. The standard InChI is InChI=1S/C44H26F34O4/c45-29(46,31(49,50)33(53,54)35(57,58)37(61,62)39(65,66)41(69,70)43(73,74)75)13-5-15-80-23-17-22(28(79)82-27-25-9-3-1-7-20(25)11-12-21-8-2-4-10-26(21)27)18-24(19-23)81-16-6-14-30(47,48)32(51,52)34(55,56)36(59,60)38(63,64)40(67,68)42(71,72)44(76,77)78/h1-4,7-12,17-19,27H,5-6,13-16H2. The maximum Gasteiger partial charge on any atom is 0.460 e. The molecule has 1 aliphatic rings. The van der Waals surface area contributed by atoms with Gasteiger partial charge in [-0.3, -0.25) is 0 Å². The molecule has 0 aliphatic heterocycles. The molecule has 4 rings (SSSR count). The van der Waals surface area contributed by atoms with Crippen LogP contribution in [0, 0.1) is 0 Å². The minimum atomic E-state index is -8.95. The van der Waals surface area contributed by atoms with Gasteiger partial charge in [0.15, 0.2) is 6.10 Å². The third-order valence-electron chi connectivity index (χ3n) is 11.7. The topological polar surface area (TPSA) is 44.8 Å². The zero-order chi connectivity index (χ0) is 63.8.